The molecule has 1 heterocycles. The molecule has 0 bridgehead atoms. The number of furan rings is 1. The van der Waals surface area contributed by atoms with Gasteiger partial charge in [0.25, 0.3) is 0 Å². The number of carbonyl (C=O) groups is 1. The summed E-state index contributed by atoms with van der Waals surface area (Å²) in [5.74, 6) is 0.423. The van der Waals surface area contributed by atoms with Crippen molar-refractivity contribution in [1.29, 1.82) is 0 Å². The predicted molar refractivity (Wildman–Crippen MR) is 101 cm³/mol. The third-order valence-corrected chi connectivity index (χ3v) is 6.04. The van der Waals surface area contributed by atoms with E-state index in [4.69, 9.17) is 4.42 Å². The van der Waals surface area contributed by atoms with Crippen LogP contribution in [0.1, 0.15) is 38.1 Å². The van der Waals surface area contributed by atoms with Gasteiger partial charge in [0.05, 0.1) is 17.2 Å². The molecule has 2 aromatic rings. The van der Waals surface area contributed by atoms with Crippen LogP contribution >= 0.6 is 0 Å². The van der Waals surface area contributed by atoms with Crippen molar-refractivity contribution < 1.29 is 17.6 Å². The van der Waals surface area contributed by atoms with Crippen LogP contribution in [0.15, 0.2) is 58.1 Å². The zero-order valence-corrected chi connectivity index (χ0v) is 16.0. The van der Waals surface area contributed by atoms with Crippen LogP contribution in [0.2, 0.25) is 0 Å². The fourth-order valence-corrected chi connectivity index (χ4v) is 3.96. The highest BCUT2D eigenvalue weighted by atomic mass is 32.2. The van der Waals surface area contributed by atoms with Crippen LogP contribution in [0.3, 0.4) is 0 Å². The van der Waals surface area contributed by atoms with E-state index in [0.717, 1.165) is 5.56 Å². The maximum atomic E-state index is 12.4. The summed E-state index contributed by atoms with van der Waals surface area (Å²) in [6.45, 7) is 6.29. The van der Waals surface area contributed by atoms with Crippen molar-refractivity contribution >= 4 is 22.0 Å². The lowest BCUT2D eigenvalue weighted by molar-refractivity contribution is -0.117. The van der Waals surface area contributed by atoms with Gasteiger partial charge >= 0.3 is 0 Å². The van der Waals surface area contributed by atoms with Crippen LogP contribution in [0.25, 0.3) is 6.08 Å². The molecule has 1 atom stereocenters. The average Bonchev–Trinajstić information content (AvgIpc) is 3.16. The molecule has 140 valence electrons. The molecule has 0 saturated heterocycles. The fraction of sp³-hybridized carbons (Fsp3) is 0.316. The Morgan fingerprint density at radius 1 is 1.19 bits per heavy atom. The van der Waals surface area contributed by atoms with Crippen LogP contribution in [-0.2, 0) is 14.8 Å². The molecule has 0 fully saturated rings. The van der Waals surface area contributed by atoms with Gasteiger partial charge in [-0.05, 0) is 42.8 Å². The summed E-state index contributed by atoms with van der Waals surface area (Å²) in [7, 11) is -3.47. The summed E-state index contributed by atoms with van der Waals surface area (Å²) in [5.41, 5.74) is 0.740. The lowest BCUT2D eigenvalue weighted by Crippen LogP contribution is -2.30. The van der Waals surface area contributed by atoms with E-state index in [-0.39, 0.29) is 16.8 Å². The molecule has 0 saturated carbocycles. The minimum absolute atomic E-state index is 0.233. The Hall–Kier alpha value is -2.38. The van der Waals surface area contributed by atoms with Crippen LogP contribution in [-0.4, -0.2) is 31.7 Å². The van der Waals surface area contributed by atoms with Gasteiger partial charge in [-0.25, -0.2) is 8.42 Å². The molecule has 6 nitrogen and oxygen atoms in total. The summed E-state index contributed by atoms with van der Waals surface area (Å²) >= 11 is 0. The van der Waals surface area contributed by atoms with E-state index in [1.54, 1.807) is 62.6 Å². The molecule has 0 unspecified atom stereocenters. The normalized spacial score (nSPS) is 13.2. The van der Waals surface area contributed by atoms with Gasteiger partial charge in [-0.1, -0.05) is 26.0 Å². The second-order valence-electron chi connectivity index (χ2n) is 5.74. The van der Waals surface area contributed by atoms with Gasteiger partial charge in [0.15, 0.2) is 0 Å². The maximum absolute atomic E-state index is 12.4. The van der Waals surface area contributed by atoms with E-state index in [1.165, 1.54) is 10.4 Å². The molecule has 0 aliphatic rings. The molecular formula is C19H24N2O4S. The molecule has 1 amide bonds. The van der Waals surface area contributed by atoms with E-state index < -0.39 is 10.0 Å². The lowest BCUT2D eigenvalue weighted by atomic mass is 10.2. The number of amides is 1. The number of rotatable bonds is 8. The van der Waals surface area contributed by atoms with Gasteiger partial charge in [0, 0.05) is 19.2 Å². The van der Waals surface area contributed by atoms with Crippen molar-refractivity contribution in [2.45, 2.75) is 31.7 Å². The average molecular weight is 376 g/mol. The summed E-state index contributed by atoms with van der Waals surface area (Å²) in [4.78, 5) is 12.2. The van der Waals surface area contributed by atoms with Crippen LogP contribution < -0.4 is 5.32 Å². The van der Waals surface area contributed by atoms with Crippen molar-refractivity contribution in [3.63, 3.8) is 0 Å². The first kappa shape index (κ1) is 19.9. The summed E-state index contributed by atoms with van der Waals surface area (Å²) in [6.07, 6.45) is 4.60. The lowest BCUT2D eigenvalue weighted by Gasteiger charge is -2.18. The number of carbonyl (C=O) groups excluding carboxylic acids is 1. The monoisotopic (exact) mass is 376 g/mol. The second-order valence-corrected chi connectivity index (χ2v) is 7.68. The largest absolute Gasteiger partial charge is 0.467 e. The molecule has 7 heteroatoms. The second kappa shape index (κ2) is 8.82. The molecule has 0 aliphatic heterocycles. The predicted octanol–water partition coefficient (Wildman–Crippen LogP) is 3.20. The van der Waals surface area contributed by atoms with Crippen molar-refractivity contribution in [3.8, 4) is 0 Å². The Kier molecular flexibility index (Phi) is 6.76. The highest BCUT2D eigenvalue weighted by molar-refractivity contribution is 7.89. The van der Waals surface area contributed by atoms with E-state index in [9.17, 15) is 13.2 Å². The number of nitrogens with one attached hydrogen (secondary N) is 1. The first-order valence-corrected chi connectivity index (χ1v) is 9.94. The van der Waals surface area contributed by atoms with Gasteiger partial charge < -0.3 is 9.73 Å². The number of hydrogen-bond acceptors (Lipinski definition) is 4. The van der Waals surface area contributed by atoms with Crippen molar-refractivity contribution in [1.82, 2.24) is 9.62 Å². The standard InChI is InChI=1S/C19H24N2O4S/c1-4-21(5-2)26(23,24)17-11-8-16(9-12-17)10-13-19(22)20-15(3)18-7-6-14-25-18/h6-15H,4-5H2,1-3H3,(H,20,22)/b13-10+/t15-/m1/s1. The molecule has 1 N–H and O–H groups in total. The summed E-state index contributed by atoms with van der Waals surface area (Å²) < 4.78 is 31.5. The first-order chi connectivity index (χ1) is 12.4. The van der Waals surface area contributed by atoms with Gasteiger partial charge in [-0.2, -0.15) is 4.31 Å². The van der Waals surface area contributed by atoms with Crippen molar-refractivity contribution in [2.24, 2.45) is 0 Å². The topological polar surface area (TPSA) is 79.6 Å². The van der Waals surface area contributed by atoms with Gasteiger partial charge in [0.1, 0.15) is 5.76 Å². The van der Waals surface area contributed by atoms with E-state index in [2.05, 4.69) is 5.32 Å². The zero-order chi connectivity index (χ0) is 19.2. The Balaban J connectivity index is 2.02. The highest BCUT2D eigenvalue weighted by Crippen LogP contribution is 2.17. The van der Waals surface area contributed by atoms with Gasteiger partial charge in [0.2, 0.25) is 15.9 Å². The molecule has 1 aromatic carbocycles. The van der Waals surface area contributed by atoms with Crippen molar-refractivity contribution in [2.75, 3.05) is 13.1 Å². The maximum Gasteiger partial charge on any atom is 0.244 e. The fourth-order valence-electron chi connectivity index (χ4n) is 2.51. The molecular weight excluding hydrogens is 352 g/mol. The molecule has 0 radical (unpaired) electrons. The number of sulfonamides is 1. The van der Waals surface area contributed by atoms with E-state index in [0.29, 0.717) is 18.8 Å². The van der Waals surface area contributed by atoms with Crippen LogP contribution in [0.5, 0.6) is 0 Å². The molecule has 26 heavy (non-hydrogen) atoms. The Morgan fingerprint density at radius 2 is 1.85 bits per heavy atom. The SMILES string of the molecule is CCN(CC)S(=O)(=O)c1ccc(/C=C/C(=O)N[C@H](C)c2ccco2)cc1. The Labute approximate surface area is 154 Å². The molecule has 0 aliphatic carbocycles. The Morgan fingerprint density at radius 3 is 2.38 bits per heavy atom. The zero-order valence-electron chi connectivity index (χ0n) is 15.2. The molecule has 2 rings (SSSR count). The smallest absolute Gasteiger partial charge is 0.244 e. The quantitative estimate of drug-likeness (QED) is 0.718. The van der Waals surface area contributed by atoms with E-state index >= 15 is 0 Å². The number of nitrogens with zero attached hydrogens (tertiary/aromatic N) is 1. The third-order valence-electron chi connectivity index (χ3n) is 3.98. The first-order valence-electron chi connectivity index (χ1n) is 8.50. The summed E-state index contributed by atoms with van der Waals surface area (Å²) in [5, 5.41) is 2.80. The summed E-state index contributed by atoms with van der Waals surface area (Å²) in [6, 6.07) is 9.79. The molecule has 1 aromatic heterocycles. The van der Waals surface area contributed by atoms with Crippen LogP contribution in [0.4, 0.5) is 0 Å². The highest BCUT2D eigenvalue weighted by Gasteiger charge is 2.20. The Bertz CT molecular complexity index is 836. The van der Waals surface area contributed by atoms with Gasteiger partial charge in [-0.3, -0.25) is 4.79 Å². The van der Waals surface area contributed by atoms with Gasteiger partial charge in [-0.15, -0.1) is 0 Å². The minimum Gasteiger partial charge on any atom is -0.467 e. The minimum atomic E-state index is -3.47. The number of hydrogen-bond donors (Lipinski definition) is 1. The van der Waals surface area contributed by atoms with Crippen LogP contribution in [0, 0.1) is 0 Å². The molecule has 0 spiro atoms. The van der Waals surface area contributed by atoms with E-state index in [1.807, 2.05) is 6.92 Å². The van der Waals surface area contributed by atoms with Crippen molar-refractivity contribution in [3.05, 3.63) is 60.1 Å². The third kappa shape index (κ3) is 4.83. The number of benzene rings is 1.